The summed E-state index contributed by atoms with van der Waals surface area (Å²) in [5.74, 6) is 1.26. The Kier molecular flexibility index (Phi) is 17.2. The van der Waals surface area contributed by atoms with Gasteiger partial charge in [0, 0.05) is 224 Å². The summed E-state index contributed by atoms with van der Waals surface area (Å²) in [5, 5.41) is 17.6. The zero-order valence-corrected chi connectivity index (χ0v) is 70.9. The van der Waals surface area contributed by atoms with E-state index in [0.29, 0.717) is 22.7 Å². The van der Waals surface area contributed by atoms with Crippen molar-refractivity contribution in [2.45, 2.75) is 6.42 Å². The van der Waals surface area contributed by atoms with Gasteiger partial charge < -0.3 is 22.1 Å². The van der Waals surface area contributed by atoms with Crippen LogP contribution >= 0.6 is 45.3 Å². The number of hydrogen-bond acceptors (Lipinski definition) is 17. The summed E-state index contributed by atoms with van der Waals surface area (Å²) in [6.45, 7) is 0. The average Bonchev–Trinajstić information content (AvgIpc) is 1.78. The van der Waals surface area contributed by atoms with Gasteiger partial charge in [0.1, 0.15) is 65.0 Å². The van der Waals surface area contributed by atoms with Crippen LogP contribution in [0.5, 0.6) is 0 Å². The monoisotopic (exact) mass is 1710 g/mol. The van der Waals surface area contributed by atoms with Crippen molar-refractivity contribution in [3.05, 3.63) is 374 Å². The van der Waals surface area contributed by atoms with E-state index in [2.05, 4.69) is 242 Å². The zero-order valence-electron chi connectivity index (χ0n) is 67.6. The van der Waals surface area contributed by atoms with Gasteiger partial charge >= 0.3 is 0 Å². The van der Waals surface area contributed by atoms with Gasteiger partial charge in [0.05, 0.1) is 0 Å². The van der Waals surface area contributed by atoms with Crippen molar-refractivity contribution in [3.63, 3.8) is 0 Å². The highest BCUT2D eigenvalue weighted by Gasteiger charge is 2.29. The fourth-order valence-electron chi connectivity index (χ4n) is 19.0. The van der Waals surface area contributed by atoms with Gasteiger partial charge in [0.15, 0.2) is 11.2 Å². The van der Waals surface area contributed by atoms with Crippen molar-refractivity contribution in [3.8, 4) is 187 Å². The summed E-state index contributed by atoms with van der Waals surface area (Å²) in [6, 6.07) is 94.7. The number of para-hydroxylation sites is 2. The van der Waals surface area contributed by atoms with E-state index in [0.717, 1.165) is 248 Å². The average molecular weight is 1720 g/mol. The zero-order chi connectivity index (χ0) is 84.0. The van der Waals surface area contributed by atoms with Crippen LogP contribution in [0.1, 0.15) is 11.1 Å². The molecule has 0 saturated carbocycles. The van der Waals surface area contributed by atoms with E-state index in [1.807, 2.05) is 120 Å². The number of hydrogen-bond donors (Lipinski definition) is 0. The molecule has 1 aliphatic rings. The third kappa shape index (κ3) is 12.3. The van der Waals surface area contributed by atoms with Crippen molar-refractivity contribution < 1.29 is 22.1 Å². The predicted molar refractivity (Wildman–Crippen MR) is 519 cm³/mol. The Hall–Kier alpha value is -16.0. The highest BCUT2D eigenvalue weighted by Crippen LogP contribution is 2.52. The van der Waals surface area contributed by atoms with E-state index >= 15 is 0 Å². The smallest absolute Gasteiger partial charge is 0.173 e. The van der Waals surface area contributed by atoms with Gasteiger partial charge in [0.25, 0.3) is 0 Å². The van der Waals surface area contributed by atoms with Crippen molar-refractivity contribution in [1.29, 1.82) is 0 Å². The molecule has 0 amide bonds. The third-order valence-corrected chi connectivity index (χ3v) is 28.1. The van der Waals surface area contributed by atoms with E-state index in [4.69, 9.17) is 57.0 Å². The molecule has 600 valence electrons. The van der Waals surface area contributed by atoms with Gasteiger partial charge in [-0.2, -0.15) is 0 Å². The second-order valence-corrected chi connectivity index (χ2v) is 35.6. The second-order valence-electron chi connectivity index (χ2n) is 32.1. The molecule has 13 aromatic heterocycles. The molecule has 0 atom stereocenters. The lowest BCUT2D eigenvalue weighted by Crippen LogP contribution is -1.92. The first-order chi connectivity index (χ1) is 63.4. The van der Waals surface area contributed by atoms with Crippen LogP contribution in [0.25, 0.3) is 264 Å². The third-order valence-electron chi connectivity index (χ3n) is 24.8. The number of thiazole rings is 4. The van der Waals surface area contributed by atoms with E-state index in [-0.39, 0.29) is 0 Å². The number of aromatic nitrogens is 8. The van der Waals surface area contributed by atoms with Crippen LogP contribution in [0.4, 0.5) is 0 Å². The fourth-order valence-corrected chi connectivity index (χ4v) is 21.7. The molecule has 26 rings (SSSR count). The Morgan fingerprint density at radius 3 is 1.06 bits per heavy atom. The molecule has 25 aromatic rings. The van der Waals surface area contributed by atoms with Crippen molar-refractivity contribution in [2.24, 2.45) is 0 Å². The molecule has 0 N–H and O–H groups in total. The molecule has 0 spiro atoms. The van der Waals surface area contributed by atoms with Gasteiger partial charge in [-0.3, -0.25) is 19.9 Å². The first kappa shape index (κ1) is 73.5. The first-order valence-electron chi connectivity index (χ1n) is 41.9. The normalized spacial score (nSPS) is 12.0. The number of benzene rings is 12. The van der Waals surface area contributed by atoms with Gasteiger partial charge in [-0.1, -0.05) is 164 Å². The number of furan rings is 5. The van der Waals surface area contributed by atoms with Crippen LogP contribution in [-0.4, -0.2) is 39.9 Å². The van der Waals surface area contributed by atoms with Crippen molar-refractivity contribution in [1.82, 2.24) is 39.9 Å². The SMILES string of the molecule is c1cncc(-c2cc(-c3cc(-c4ccc5c(c4)-c4cncc(-c6ccccc6-c6nccs6)c4C5)cc(-c4cc5oc(-c6cc(-c7ccc8oc9c(-c%10ccccc%10-c%10nccs%10)cncc9c8c7)cc(-c7cc(-c8cccnc8)c8oc9c(-c%10ccccc%10-c%10nccs%10)cccc9c8c7)c6)cc5o4)c3)cc3c2oc2c(-c4ccccc4-c4nccs4)cccc23)c1. The van der Waals surface area contributed by atoms with Crippen LogP contribution in [0.15, 0.2) is 385 Å². The maximum Gasteiger partial charge on any atom is 0.173 e. The number of nitrogens with zero attached hydrogens (tertiary/aromatic N) is 8. The minimum Gasteiger partial charge on any atom is -0.455 e. The minimum atomic E-state index is 0.587. The van der Waals surface area contributed by atoms with Crippen LogP contribution in [-0.2, 0) is 6.42 Å². The Balaban J connectivity index is 0.646. The summed E-state index contributed by atoms with van der Waals surface area (Å²) < 4.78 is 36.0. The molecule has 128 heavy (non-hydrogen) atoms. The standard InChI is InChI=1S/C111H62N8O5S4/c1-5-19-83(108-116-33-37-125-108)75(15-1)79-23-9-25-81-92-52-71(50-88(105(92)123-103(79)81)65-13-11-31-112-56-65)69-41-67(62-27-28-64-49-90-94(58-114-59-95(90)87(64)47-62)77-17-3-7-21-85(77)110-118-35-39-127-110)43-73(45-69)99-54-101-102(120-99)55-100(121-101)74-44-68(63-29-30-98-91(48-63)97-61-115-60-96(107(97)122-98)78-18-4-8-22-86(78)111-119-36-40-128-111)42-70(46-74)72-51-89(66-14-12-32-113-57-66)106-93(53-72)82-26-10-24-80(104(82)124-106)76-16-2-6-20-84(76)109-117-34-38-126-109/h1-48,50-61H,49H2. The number of pyridine rings is 4. The van der Waals surface area contributed by atoms with Crippen LogP contribution < -0.4 is 0 Å². The van der Waals surface area contributed by atoms with Crippen LogP contribution in [0, 0.1) is 0 Å². The molecular weight excluding hydrogens is 1650 g/mol. The lowest BCUT2D eigenvalue weighted by Gasteiger charge is -2.13. The largest absolute Gasteiger partial charge is 0.455 e. The highest BCUT2D eigenvalue weighted by atomic mass is 32.1. The number of rotatable bonds is 16. The summed E-state index contributed by atoms with van der Waals surface area (Å²) >= 11 is 6.49. The maximum atomic E-state index is 7.27. The molecular formula is C111H62N8O5S4. The minimum absolute atomic E-state index is 0.587. The van der Waals surface area contributed by atoms with E-state index in [9.17, 15) is 0 Å². The first-order valence-corrected chi connectivity index (χ1v) is 45.4. The number of fused-ring (bicyclic) bond motifs is 13. The molecule has 17 heteroatoms. The molecule has 0 bridgehead atoms. The Morgan fingerprint density at radius 1 is 0.203 bits per heavy atom. The summed E-state index contributed by atoms with van der Waals surface area (Å²) in [4.78, 5) is 38.3. The van der Waals surface area contributed by atoms with E-state index < -0.39 is 0 Å². The van der Waals surface area contributed by atoms with Crippen LogP contribution in [0.3, 0.4) is 0 Å². The second kappa shape index (κ2) is 29.9. The molecule has 0 unspecified atom stereocenters. The van der Waals surface area contributed by atoms with Crippen molar-refractivity contribution in [2.75, 3.05) is 0 Å². The lowest BCUT2D eigenvalue weighted by atomic mass is 9.91. The summed E-state index contributed by atoms with van der Waals surface area (Å²) in [7, 11) is 0. The van der Waals surface area contributed by atoms with Gasteiger partial charge in [0.2, 0.25) is 0 Å². The molecule has 13 nitrogen and oxygen atoms in total. The summed E-state index contributed by atoms with van der Waals surface area (Å²) in [6.07, 6.45) is 23.5. The Labute approximate surface area is 746 Å². The van der Waals surface area contributed by atoms with Crippen molar-refractivity contribution >= 4 is 122 Å². The van der Waals surface area contributed by atoms with Gasteiger partial charge in [-0.05, 0) is 181 Å². The molecule has 1 aliphatic carbocycles. The highest BCUT2D eigenvalue weighted by molar-refractivity contribution is 7.14. The maximum absolute atomic E-state index is 7.27. The molecule has 0 fully saturated rings. The Morgan fingerprint density at radius 2 is 0.586 bits per heavy atom. The lowest BCUT2D eigenvalue weighted by molar-refractivity contribution is 0.622. The molecule has 12 aromatic carbocycles. The van der Waals surface area contributed by atoms with E-state index in [1.165, 1.54) is 11.1 Å². The molecule has 0 aliphatic heterocycles. The van der Waals surface area contributed by atoms with Gasteiger partial charge in [-0.15, -0.1) is 45.3 Å². The fraction of sp³-hybridized carbons (Fsp3) is 0.00901. The predicted octanol–water partition coefficient (Wildman–Crippen LogP) is 31.4. The molecule has 13 heterocycles. The summed E-state index contributed by atoms with van der Waals surface area (Å²) in [5.41, 5.74) is 35.9. The van der Waals surface area contributed by atoms with Gasteiger partial charge in [-0.25, -0.2) is 19.9 Å². The van der Waals surface area contributed by atoms with E-state index in [1.54, 1.807) is 51.5 Å². The quantitative estimate of drug-likeness (QED) is 0.0897. The molecule has 0 radical (unpaired) electrons. The molecule has 0 saturated heterocycles. The van der Waals surface area contributed by atoms with Crippen LogP contribution in [0.2, 0.25) is 0 Å². The Bertz CT molecular complexity index is 8720. The topological polar surface area (TPSA) is 169 Å².